The van der Waals surface area contributed by atoms with Crippen molar-refractivity contribution in [3.63, 3.8) is 0 Å². The Kier molecular flexibility index (Phi) is 4.82. The Balaban J connectivity index is 1.37. The van der Waals surface area contributed by atoms with Crippen LogP contribution in [0.25, 0.3) is 0 Å². The number of aliphatic hydroxyl groups is 1. The number of oxime groups is 1. The SMILES string of the molecule is CC[C@@H]1/C(=N/OC2CNC2)CC[C@@]2(C)C1CC[C@H]1[C@@H]3CC[C@H](O)[C@@]3(C)CC[C@@H]12. The lowest BCUT2D eigenvalue weighted by atomic mass is 9.43. The summed E-state index contributed by atoms with van der Waals surface area (Å²) >= 11 is 0. The summed E-state index contributed by atoms with van der Waals surface area (Å²) in [4.78, 5) is 5.85. The summed E-state index contributed by atoms with van der Waals surface area (Å²) in [7, 11) is 0. The minimum Gasteiger partial charge on any atom is -0.393 e. The molecule has 1 unspecified atom stereocenters. The summed E-state index contributed by atoms with van der Waals surface area (Å²) in [5.41, 5.74) is 2.00. The fraction of sp³-hybridized carbons (Fsp3) is 0.958. The van der Waals surface area contributed by atoms with Crippen LogP contribution in [-0.4, -0.2) is 36.1 Å². The molecule has 4 nitrogen and oxygen atoms in total. The van der Waals surface area contributed by atoms with E-state index in [0.29, 0.717) is 17.4 Å². The van der Waals surface area contributed by atoms with E-state index in [-0.39, 0.29) is 11.5 Å². The van der Waals surface area contributed by atoms with Crippen molar-refractivity contribution in [3.8, 4) is 0 Å². The molecule has 1 aliphatic heterocycles. The molecule has 28 heavy (non-hydrogen) atoms. The van der Waals surface area contributed by atoms with Crippen LogP contribution >= 0.6 is 0 Å². The number of nitrogens with one attached hydrogen (secondary N) is 1. The molecule has 0 aromatic carbocycles. The van der Waals surface area contributed by atoms with Gasteiger partial charge in [0.05, 0.1) is 11.8 Å². The molecule has 5 fully saturated rings. The molecular formula is C24H40N2O2. The fourth-order valence-corrected chi connectivity index (χ4v) is 8.42. The summed E-state index contributed by atoms with van der Waals surface area (Å²) in [6.45, 7) is 9.27. The average Bonchev–Trinajstić information content (AvgIpc) is 2.95. The first-order valence-corrected chi connectivity index (χ1v) is 12.1. The Morgan fingerprint density at radius 3 is 2.46 bits per heavy atom. The lowest BCUT2D eigenvalue weighted by Gasteiger charge is -2.61. The zero-order chi connectivity index (χ0) is 19.5. The molecule has 0 bridgehead atoms. The molecule has 0 spiro atoms. The van der Waals surface area contributed by atoms with Crippen LogP contribution < -0.4 is 5.32 Å². The van der Waals surface area contributed by atoms with E-state index in [9.17, 15) is 5.11 Å². The Bertz CT molecular complexity index is 632. The summed E-state index contributed by atoms with van der Waals surface area (Å²) in [5, 5.41) is 18.7. The fourth-order valence-electron chi connectivity index (χ4n) is 8.42. The van der Waals surface area contributed by atoms with Crippen LogP contribution in [-0.2, 0) is 4.84 Å². The predicted octanol–water partition coefficient (Wildman–Crippen LogP) is 4.37. The summed E-state index contributed by atoms with van der Waals surface area (Å²) in [6, 6.07) is 0. The molecule has 4 saturated carbocycles. The van der Waals surface area contributed by atoms with E-state index >= 15 is 0 Å². The zero-order valence-electron chi connectivity index (χ0n) is 18.1. The van der Waals surface area contributed by atoms with Crippen molar-refractivity contribution in [1.82, 2.24) is 5.32 Å². The van der Waals surface area contributed by atoms with Gasteiger partial charge >= 0.3 is 0 Å². The van der Waals surface area contributed by atoms with Gasteiger partial charge in [0.15, 0.2) is 6.10 Å². The third-order valence-corrected chi connectivity index (χ3v) is 10.2. The minimum atomic E-state index is -0.0596. The number of rotatable bonds is 3. The molecule has 5 rings (SSSR count). The normalized spacial score (nSPS) is 52.5. The van der Waals surface area contributed by atoms with Gasteiger partial charge in [0.25, 0.3) is 0 Å². The average molecular weight is 389 g/mol. The molecule has 158 valence electrons. The van der Waals surface area contributed by atoms with E-state index in [2.05, 4.69) is 26.1 Å². The monoisotopic (exact) mass is 388 g/mol. The molecule has 4 heteroatoms. The van der Waals surface area contributed by atoms with Crippen LogP contribution in [0.3, 0.4) is 0 Å². The number of fused-ring (bicyclic) bond motifs is 5. The van der Waals surface area contributed by atoms with Crippen LogP contribution in [0.1, 0.15) is 78.6 Å². The first-order chi connectivity index (χ1) is 13.5. The molecule has 8 atom stereocenters. The zero-order valence-corrected chi connectivity index (χ0v) is 18.1. The van der Waals surface area contributed by atoms with Crippen LogP contribution in [0.2, 0.25) is 0 Å². The second kappa shape index (κ2) is 6.97. The third-order valence-electron chi connectivity index (χ3n) is 10.2. The minimum absolute atomic E-state index is 0.0596. The highest BCUT2D eigenvalue weighted by Gasteiger charge is 2.61. The van der Waals surface area contributed by atoms with Gasteiger partial charge in [0.1, 0.15) is 0 Å². The molecule has 4 aliphatic carbocycles. The van der Waals surface area contributed by atoms with E-state index in [0.717, 1.165) is 49.6 Å². The van der Waals surface area contributed by atoms with E-state index in [1.54, 1.807) is 0 Å². The number of aliphatic hydroxyl groups excluding tert-OH is 1. The largest absolute Gasteiger partial charge is 0.393 e. The lowest BCUT2D eigenvalue weighted by molar-refractivity contribution is -0.121. The van der Waals surface area contributed by atoms with Crippen molar-refractivity contribution < 1.29 is 9.94 Å². The first-order valence-electron chi connectivity index (χ1n) is 12.1. The summed E-state index contributed by atoms with van der Waals surface area (Å²) in [6.07, 6.45) is 11.4. The number of hydrogen-bond acceptors (Lipinski definition) is 4. The van der Waals surface area contributed by atoms with Crippen molar-refractivity contribution in [1.29, 1.82) is 0 Å². The van der Waals surface area contributed by atoms with E-state index in [1.165, 1.54) is 50.7 Å². The molecule has 0 amide bonds. The van der Waals surface area contributed by atoms with Gasteiger partial charge in [-0.25, -0.2) is 0 Å². The molecule has 1 heterocycles. The van der Waals surface area contributed by atoms with Gasteiger partial charge < -0.3 is 15.3 Å². The van der Waals surface area contributed by atoms with Gasteiger partial charge in [-0.2, -0.15) is 0 Å². The molecule has 0 aromatic rings. The van der Waals surface area contributed by atoms with Crippen molar-refractivity contribution in [3.05, 3.63) is 0 Å². The topological polar surface area (TPSA) is 53.8 Å². The van der Waals surface area contributed by atoms with Crippen LogP contribution in [0.5, 0.6) is 0 Å². The maximum Gasteiger partial charge on any atom is 0.152 e. The van der Waals surface area contributed by atoms with Gasteiger partial charge in [-0.15, -0.1) is 0 Å². The van der Waals surface area contributed by atoms with Crippen LogP contribution in [0.15, 0.2) is 5.16 Å². The first kappa shape index (κ1) is 19.4. The standard InChI is InChI=1S/C24H40N2O2/c1-4-16-18-6-5-17-19-7-8-22(27)24(19,3)11-9-20(17)23(18,2)12-10-21(16)26-28-15-13-25-14-15/h15-20,22,25,27H,4-14H2,1-3H3/b26-21+/t16-,17-,18?,19-,20-,22-,23-,24-/m0/s1. The second-order valence-corrected chi connectivity index (χ2v) is 11.2. The second-order valence-electron chi connectivity index (χ2n) is 11.2. The molecule has 0 aromatic heterocycles. The molecule has 1 saturated heterocycles. The van der Waals surface area contributed by atoms with Gasteiger partial charge in [0, 0.05) is 19.0 Å². The Hall–Kier alpha value is -0.610. The Morgan fingerprint density at radius 2 is 1.75 bits per heavy atom. The Labute approximate surface area is 170 Å². The van der Waals surface area contributed by atoms with Crippen molar-refractivity contribution in [2.45, 2.75) is 90.8 Å². The summed E-state index contributed by atoms with van der Waals surface area (Å²) < 4.78 is 0. The van der Waals surface area contributed by atoms with Gasteiger partial charge in [-0.3, -0.25) is 0 Å². The van der Waals surface area contributed by atoms with Gasteiger partial charge in [0.2, 0.25) is 0 Å². The number of hydrogen-bond donors (Lipinski definition) is 2. The highest BCUT2D eigenvalue weighted by molar-refractivity contribution is 5.87. The Morgan fingerprint density at radius 1 is 1.00 bits per heavy atom. The molecule has 2 N–H and O–H groups in total. The molecular weight excluding hydrogens is 348 g/mol. The van der Waals surface area contributed by atoms with Crippen LogP contribution in [0.4, 0.5) is 0 Å². The van der Waals surface area contributed by atoms with E-state index in [1.807, 2.05) is 0 Å². The van der Waals surface area contributed by atoms with Gasteiger partial charge in [-0.05, 0) is 92.3 Å². The van der Waals surface area contributed by atoms with Crippen molar-refractivity contribution >= 4 is 5.71 Å². The van der Waals surface area contributed by atoms with Crippen molar-refractivity contribution in [2.75, 3.05) is 13.1 Å². The molecule has 5 aliphatic rings. The van der Waals surface area contributed by atoms with Gasteiger partial charge in [-0.1, -0.05) is 25.9 Å². The number of nitrogens with zero attached hydrogens (tertiary/aromatic N) is 1. The maximum atomic E-state index is 10.7. The quantitative estimate of drug-likeness (QED) is 0.706. The smallest absolute Gasteiger partial charge is 0.152 e. The van der Waals surface area contributed by atoms with Crippen molar-refractivity contribution in [2.24, 2.45) is 45.6 Å². The van der Waals surface area contributed by atoms with E-state index < -0.39 is 0 Å². The summed E-state index contributed by atoms with van der Waals surface area (Å²) in [5.74, 6) is 3.82. The maximum absolute atomic E-state index is 10.7. The van der Waals surface area contributed by atoms with E-state index in [4.69, 9.17) is 9.99 Å². The molecule has 0 radical (unpaired) electrons. The highest BCUT2D eigenvalue weighted by atomic mass is 16.6. The predicted molar refractivity (Wildman–Crippen MR) is 112 cm³/mol. The third kappa shape index (κ3) is 2.73. The lowest BCUT2D eigenvalue weighted by Crippen LogP contribution is -2.56. The highest BCUT2D eigenvalue weighted by Crippen LogP contribution is 2.66. The van der Waals surface area contributed by atoms with Crippen LogP contribution in [0, 0.1) is 40.4 Å².